The molecule has 2 N–H and O–H groups in total. The fraction of sp³-hybridized carbons (Fsp3) is 0.312. The van der Waals surface area contributed by atoms with Crippen molar-refractivity contribution >= 4 is 29.9 Å². The predicted molar refractivity (Wildman–Crippen MR) is 98.9 cm³/mol. The Balaban J connectivity index is 0.00000312. The minimum Gasteiger partial charge on any atom is -0.357 e. The van der Waals surface area contributed by atoms with Crippen LogP contribution in [0, 0.1) is 23.3 Å². The molecule has 0 amide bonds. The van der Waals surface area contributed by atoms with Crippen molar-refractivity contribution in [1.29, 1.82) is 0 Å². The monoisotopic (exact) mass is 470 g/mol. The van der Waals surface area contributed by atoms with E-state index in [4.69, 9.17) is 0 Å². The lowest BCUT2D eigenvalue weighted by Gasteiger charge is -2.12. The molecule has 25 heavy (non-hydrogen) atoms. The first-order chi connectivity index (χ1) is 11.5. The number of hydrogen-bond donors (Lipinski definition) is 2. The lowest BCUT2D eigenvalue weighted by Crippen LogP contribution is -2.38. The van der Waals surface area contributed by atoms with Gasteiger partial charge in [0.25, 0.3) is 0 Å². The second-order valence-corrected chi connectivity index (χ2v) is 4.99. The van der Waals surface area contributed by atoms with Gasteiger partial charge in [-0.15, -0.1) is 24.0 Å². The van der Waals surface area contributed by atoms with E-state index < -0.39 is 35.4 Å². The third kappa shape index (κ3) is 5.91. The summed E-state index contributed by atoms with van der Waals surface area (Å²) in [5.74, 6) is -5.44. The van der Waals surface area contributed by atoms with Gasteiger partial charge in [0, 0.05) is 38.1 Å². The van der Waals surface area contributed by atoms with Crippen LogP contribution in [-0.4, -0.2) is 23.6 Å². The zero-order valence-corrected chi connectivity index (χ0v) is 15.9. The molecule has 0 saturated heterocycles. The maximum Gasteiger partial charge on any atom is 0.191 e. The highest BCUT2D eigenvalue weighted by Crippen LogP contribution is 2.19. The van der Waals surface area contributed by atoms with E-state index >= 15 is 0 Å². The Kier molecular flexibility index (Phi) is 8.73. The number of halogens is 5. The molecule has 1 heterocycles. The Morgan fingerprint density at radius 2 is 1.64 bits per heavy atom. The zero-order valence-electron chi connectivity index (χ0n) is 13.5. The Hall–Kier alpha value is -1.78. The fourth-order valence-corrected chi connectivity index (χ4v) is 2.08. The van der Waals surface area contributed by atoms with Crippen molar-refractivity contribution in [1.82, 2.24) is 15.2 Å². The van der Waals surface area contributed by atoms with Crippen molar-refractivity contribution in [2.45, 2.75) is 20.0 Å². The molecule has 0 aliphatic heterocycles. The van der Waals surface area contributed by atoms with Crippen molar-refractivity contribution in [3.8, 4) is 0 Å². The summed E-state index contributed by atoms with van der Waals surface area (Å²) in [5, 5.41) is 5.88. The van der Waals surface area contributed by atoms with Crippen LogP contribution >= 0.6 is 24.0 Å². The lowest BCUT2D eigenvalue weighted by atomic mass is 10.2. The van der Waals surface area contributed by atoms with E-state index in [9.17, 15) is 17.6 Å². The van der Waals surface area contributed by atoms with E-state index in [-0.39, 0.29) is 30.0 Å². The van der Waals surface area contributed by atoms with E-state index in [2.05, 4.69) is 15.6 Å². The number of rotatable bonds is 6. The van der Waals surface area contributed by atoms with Crippen molar-refractivity contribution < 1.29 is 17.6 Å². The van der Waals surface area contributed by atoms with Crippen LogP contribution in [0.4, 0.5) is 17.6 Å². The summed E-state index contributed by atoms with van der Waals surface area (Å²) in [4.78, 5) is 3.98. The van der Waals surface area contributed by atoms with E-state index in [1.54, 1.807) is 0 Å². The number of hydrogen-bond acceptors (Lipinski definition) is 1. The number of nitrogens with one attached hydrogen (secondary N) is 2. The topological polar surface area (TPSA) is 41.4 Å². The molecule has 0 spiro atoms. The number of aliphatic imine (C=N–C) groups is 1. The minimum absolute atomic E-state index is 0. The second-order valence-electron chi connectivity index (χ2n) is 4.99. The molecule has 1 aromatic carbocycles. The van der Waals surface area contributed by atoms with Gasteiger partial charge in [0.1, 0.15) is 0 Å². The van der Waals surface area contributed by atoms with Crippen LogP contribution in [-0.2, 0) is 13.1 Å². The SMILES string of the molecule is CCNC(=NCc1c(F)c(F)cc(F)c1F)NCCn1cccc1.I. The van der Waals surface area contributed by atoms with Gasteiger partial charge in [0.2, 0.25) is 0 Å². The summed E-state index contributed by atoms with van der Waals surface area (Å²) in [5.41, 5.74) is -0.741. The molecular weight excluding hydrogens is 451 g/mol. The predicted octanol–water partition coefficient (Wildman–Crippen LogP) is 3.42. The number of benzene rings is 1. The molecule has 1 aromatic heterocycles. The molecular formula is C16H19F4IN4. The molecule has 4 nitrogen and oxygen atoms in total. The quantitative estimate of drug-likeness (QED) is 0.224. The highest BCUT2D eigenvalue weighted by molar-refractivity contribution is 14.0. The van der Waals surface area contributed by atoms with Crippen LogP contribution < -0.4 is 10.6 Å². The molecule has 0 fully saturated rings. The van der Waals surface area contributed by atoms with Gasteiger partial charge in [-0.25, -0.2) is 22.6 Å². The molecule has 0 aliphatic carbocycles. The largest absolute Gasteiger partial charge is 0.357 e. The number of guanidine groups is 1. The van der Waals surface area contributed by atoms with Crippen LogP contribution in [0.3, 0.4) is 0 Å². The van der Waals surface area contributed by atoms with Gasteiger partial charge in [0.15, 0.2) is 29.2 Å². The van der Waals surface area contributed by atoms with E-state index in [0.29, 0.717) is 25.6 Å². The minimum atomic E-state index is -1.44. The molecule has 9 heteroatoms. The first-order valence-electron chi connectivity index (χ1n) is 7.47. The maximum atomic E-state index is 13.6. The molecule has 0 unspecified atom stereocenters. The fourth-order valence-electron chi connectivity index (χ4n) is 2.08. The highest BCUT2D eigenvalue weighted by atomic mass is 127. The van der Waals surface area contributed by atoms with Gasteiger partial charge in [-0.05, 0) is 19.1 Å². The van der Waals surface area contributed by atoms with Gasteiger partial charge < -0.3 is 15.2 Å². The molecule has 0 saturated carbocycles. The van der Waals surface area contributed by atoms with E-state index in [0.717, 1.165) is 0 Å². The molecule has 0 bridgehead atoms. The molecule has 2 aromatic rings. The first kappa shape index (κ1) is 21.3. The van der Waals surface area contributed by atoms with Crippen molar-refractivity contribution in [2.75, 3.05) is 13.1 Å². The molecule has 2 rings (SSSR count). The third-order valence-corrected chi connectivity index (χ3v) is 3.27. The van der Waals surface area contributed by atoms with Crippen LogP contribution in [0.1, 0.15) is 12.5 Å². The summed E-state index contributed by atoms with van der Waals surface area (Å²) in [6.07, 6.45) is 3.79. The Bertz CT molecular complexity index is 678. The van der Waals surface area contributed by atoms with Crippen LogP contribution in [0.2, 0.25) is 0 Å². The maximum absolute atomic E-state index is 13.6. The lowest BCUT2D eigenvalue weighted by molar-refractivity contribution is 0.439. The van der Waals surface area contributed by atoms with Crippen LogP contribution in [0.5, 0.6) is 0 Å². The normalized spacial score (nSPS) is 11.2. The Morgan fingerprint density at radius 3 is 2.20 bits per heavy atom. The van der Waals surface area contributed by atoms with E-state index in [1.807, 2.05) is 36.0 Å². The van der Waals surface area contributed by atoms with Crippen molar-refractivity contribution in [2.24, 2.45) is 4.99 Å². The van der Waals surface area contributed by atoms with E-state index in [1.165, 1.54) is 0 Å². The average Bonchev–Trinajstić information content (AvgIpc) is 3.06. The Morgan fingerprint density at radius 1 is 1.04 bits per heavy atom. The van der Waals surface area contributed by atoms with Crippen LogP contribution in [0.25, 0.3) is 0 Å². The highest BCUT2D eigenvalue weighted by Gasteiger charge is 2.18. The van der Waals surface area contributed by atoms with Gasteiger partial charge in [-0.3, -0.25) is 0 Å². The summed E-state index contributed by atoms with van der Waals surface area (Å²) in [6, 6.07) is 3.96. The molecule has 0 aliphatic rings. The average molecular weight is 470 g/mol. The standard InChI is InChI=1S/C16H18F4N4.HI/c1-2-21-16(22-5-8-24-6-3-4-7-24)23-10-11-14(19)12(17)9-13(18)15(11)20;/h3-4,6-7,9H,2,5,8,10H2,1H3,(H2,21,22,23);1H. The summed E-state index contributed by atoms with van der Waals surface area (Å²) >= 11 is 0. The number of nitrogens with zero attached hydrogens (tertiary/aromatic N) is 2. The van der Waals surface area contributed by atoms with Gasteiger partial charge >= 0.3 is 0 Å². The third-order valence-electron chi connectivity index (χ3n) is 3.27. The summed E-state index contributed by atoms with van der Waals surface area (Å²) < 4.78 is 55.6. The molecule has 0 radical (unpaired) electrons. The summed E-state index contributed by atoms with van der Waals surface area (Å²) in [6.45, 7) is 3.01. The summed E-state index contributed by atoms with van der Waals surface area (Å²) in [7, 11) is 0. The smallest absolute Gasteiger partial charge is 0.191 e. The van der Waals surface area contributed by atoms with Crippen molar-refractivity contribution in [3.63, 3.8) is 0 Å². The van der Waals surface area contributed by atoms with Gasteiger partial charge in [-0.1, -0.05) is 0 Å². The zero-order chi connectivity index (χ0) is 17.5. The van der Waals surface area contributed by atoms with Gasteiger partial charge in [-0.2, -0.15) is 0 Å². The van der Waals surface area contributed by atoms with Crippen molar-refractivity contribution in [3.05, 3.63) is 59.4 Å². The first-order valence-corrected chi connectivity index (χ1v) is 7.47. The molecule has 0 atom stereocenters. The van der Waals surface area contributed by atoms with Gasteiger partial charge in [0.05, 0.1) is 12.1 Å². The molecule has 138 valence electrons. The number of aromatic nitrogens is 1. The second kappa shape index (κ2) is 10.3. The Labute approximate surface area is 160 Å². The van der Waals surface area contributed by atoms with Crippen LogP contribution in [0.15, 0.2) is 35.6 Å².